The van der Waals surface area contributed by atoms with Gasteiger partial charge in [0.05, 0.1) is 139 Å². The first-order chi connectivity index (χ1) is 44.7. The highest BCUT2D eigenvalue weighted by molar-refractivity contribution is 5.92. The Kier molecular flexibility index (Phi) is 51.8. The van der Waals surface area contributed by atoms with Crippen LogP contribution in [0.25, 0.3) is 31.3 Å². The quantitative estimate of drug-likeness (QED) is 0.00625. The van der Waals surface area contributed by atoms with E-state index in [1.165, 1.54) is 0 Å². The smallest absolute Gasteiger partial charge is 0.313 e. The minimum Gasteiger partial charge on any atom is -0.420 e. The number of carbonyl (C=O) groups excluding carboxylic acids is 7. The van der Waals surface area contributed by atoms with E-state index < -0.39 is 77.0 Å². The van der Waals surface area contributed by atoms with Crippen molar-refractivity contribution in [3.05, 3.63) is 60.4 Å². The Labute approximate surface area is 528 Å². The number of carbonyl (C=O) groups is 7. The van der Waals surface area contributed by atoms with Gasteiger partial charge in [-0.3, -0.25) is 33.6 Å². The topological polar surface area (TPSA) is 439 Å². The molecular formula is C54H86F5N15O18. The zero-order chi connectivity index (χ0) is 67.5. The third-order valence-electron chi connectivity index (χ3n) is 11.9. The molecule has 6 amide bonds. The second-order valence-electron chi connectivity index (χ2n) is 19.0. The molecule has 92 heavy (non-hydrogen) atoms. The molecule has 0 radical (unpaired) electrons. The third-order valence-corrected chi connectivity index (χ3v) is 11.9. The van der Waals surface area contributed by atoms with Crippen molar-refractivity contribution in [1.82, 2.24) is 31.9 Å². The number of ether oxygens (including phenoxy) is 11. The summed E-state index contributed by atoms with van der Waals surface area (Å²) >= 11 is 0. The molecule has 1 aromatic carbocycles. The van der Waals surface area contributed by atoms with E-state index in [-0.39, 0.29) is 241 Å². The molecule has 0 saturated carbocycles. The molecule has 0 aliphatic carbocycles. The molecule has 38 heteroatoms. The molecule has 0 fully saturated rings. The van der Waals surface area contributed by atoms with Gasteiger partial charge in [-0.15, -0.1) is 0 Å². The van der Waals surface area contributed by atoms with Crippen molar-refractivity contribution >= 4 is 41.4 Å². The fourth-order valence-electron chi connectivity index (χ4n) is 7.26. The van der Waals surface area contributed by atoms with Crippen LogP contribution >= 0.6 is 0 Å². The lowest BCUT2D eigenvalue weighted by Gasteiger charge is -2.23. The number of rotatable bonds is 61. The zero-order valence-corrected chi connectivity index (χ0v) is 51.5. The highest BCUT2D eigenvalue weighted by Gasteiger charge is 2.29. The van der Waals surface area contributed by atoms with Gasteiger partial charge in [-0.25, -0.2) is 13.2 Å². The number of unbranched alkanes of at least 4 members (excludes halogenated alkanes) is 2. The molecule has 0 saturated heterocycles. The number of hydrogen-bond donors (Lipinski definition) is 6. The van der Waals surface area contributed by atoms with E-state index in [1.807, 2.05) is 0 Å². The Morgan fingerprint density at radius 1 is 0.348 bits per heavy atom. The van der Waals surface area contributed by atoms with Crippen molar-refractivity contribution in [3.8, 4) is 5.75 Å². The third kappa shape index (κ3) is 45.0. The van der Waals surface area contributed by atoms with E-state index >= 15 is 0 Å². The van der Waals surface area contributed by atoms with E-state index in [9.17, 15) is 55.5 Å². The Hall–Kier alpha value is -7.31. The van der Waals surface area contributed by atoms with Crippen LogP contribution in [-0.4, -0.2) is 231 Å². The molecule has 0 heterocycles. The monoisotopic (exact) mass is 1330 g/mol. The predicted octanol–water partition coefficient (Wildman–Crippen LogP) is 3.50. The second-order valence-corrected chi connectivity index (χ2v) is 19.0. The maximum absolute atomic E-state index is 14.1. The summed E-state index contributed by atoms with van der Waals surface area (Å²) in [6, 6.07) is -2.22. The molecule has 1 rings (SSSR count). The van der Waals surface area contributed by atoms with Gasteiger partial charge >= 0.3 is 5.97 Å². The molecule has 6 N–H and O–H groups in total. The Morgan fingerprint density at radius 3 is 1.09 bits per heavy atom. The number of hydrogen-bond acceptors (Lipinski definition) is 21. The average Bonchev–Trinajstić information content (AvgIpc) is 1.15. The summed E-state index contributed by atoms with van der Waals surface area (Å²) in [4.78, 5) is 98.1. The number of esters is 1. The van der Waals surface area contributed by atoms with Crippen molar-refractivity contribution in [2.75, 3.05) is 178 Å². The number of benzene rings is 1. The number of halogens is 5. The van der Waals surface area contributed by atoms with Gasteiger partial charge in [0, 0.05) is 86.2 Å². The Bertz CT molecular complexity index is 2410. The van der Waals surface area contributed by atoms with Crippen LogP contribution in [0.3, 0.4) is 0 Å². The summed E-state index contributed by atoms with van der Waals surface area (Å²) in [7, 11) is 0. The highest BCUT2D eigenvalue weighted by atomic mass is 19.2. The second kappa shape index (κ2) is 57.6. The fraction of sp³-hybridized carbons (Fsp3) is 0.759. The highest BCUT2D eigenvalue weighted by Crippen LogP contribution is 2.29. The Morgan fingerprint density at radius 2 is 0.685 bits per heavy atom. The number of azide groups is 3. The lowest BCUT2D eigenvalue weighted by molar-refractivity contribution is -0.136. The van der Waals surface area contributed by atoms with Gasteiger partial charge in [-0.05, 0) is 61.5 Å². The first-order valence-corrected chi connectivity index (χ1v) is 29.9. The largest absolute Gasteiger partial charge is 0.420 e. The van der Waals surface area contributed by atoms with Crippen molar-refractivity contribution < 1.29 is 108 Å². The van der Waals surface area contributed by atoms with Crippen LogP contribution in [0.1, 0.15) is 77.0 Å². The summed E-state index contributed by atoms with van der Waals surface area (Å²) in [6.07, 6.45) is 1.59. The van der Waals surface area contributed by atoms with Crippen LogP contribution in [0.15, 0.2) is 15.3 Å². The van der Waals surface area contributed by atoms with E-state index in [2.05, 4.69) is 66.7 Å². The average molecular weight is 1330 g/mol. The Balaban J connectivity index is 2.79. The van der Waals surface area contributed by atoms with Gasteiger partial charge in [0.25, 0.3) is 0 Å². The summed E-state index contributed by atoms with van der Waals surface area (Å²) in [5.74, 6) is -17.1. The molecule has 1 aromatic rings. The van der Waals surface area contributed by atoms with Crippen LogP contribution in [0.4, 0.5) is 22.0 Å². The zero-order valence-electron chi connectivity index (χ0n) is 51.5. The number of nitrogens with one attached hydrogen (secondary N) is 6. The fourth-order valence-corrected chi connectivity index (χ4v) is 7.26. The lowest BCUT2D eigenvalue weighted by Crippen LogP contribution is -2.54. The van der Waals surface area contributed by atoms with Gasteiger partial charge in [0.15, 0.2) is 0 Å². The molecule has 0 bridgehead atoms. The SMILES string of the molecule is [N-]=[N+]=NCCOCCOCCC(=O)NCCCC[C@@H](NC(=O)CCCNC(=O)CCOCCOCCN=[N+]=[N-])C(=O)N[C@H](CCCCNC(=O)CCOCCOCCN=[N+]=[N-])C(=O)NCCOCCOCCOCCOCCC(=O)Oc1c(F)c(F)c(F)c(F)c1F. The summed E-state index contributed by atoms with van der Waals surface area (Å²) in [5.41, 5.74) is 25.0. The van der Waals surface area contributed by atoms with Crippen molar-refractivity contribution in [1.29, 1.82) is 0 Å². The molecule has 520 valence electrons. The van der Waals surface area contributed by atoms with Gasteiger partial charge in [-0.1, -0.05) is 15.3 Å². The summed E-state index contributed by atoms with van der Waals surface area (Å²) in [5, 5.41) is 26.6. The van der Waals surface area contributed by atoms with Crippen LogP contribution in [0.5, 0.6) is 5.75 Å². The van der Waals surface area contributed by atoms with Gasteiger partial charge in [-0.2, -0.15) is 8.78 Å². The lowest BCUT2D eigenvalue weighted by atomic mass is 10.0. The summed E-state index contributed by atoms with van der Waals surface area (Å²) < 4.78 is 125. The molecule has 0 aliphatic heterocycles. The summed E-state index contributed by atoms with van der Waals surface area (Å²) in [6.45, 7) is 4.02. The molecule has 2 atom stereocenters. The standard InChI is InChI=1S/C54H86F5N15O18/c55-47-48(56)50(58)52(51(59)49(47)57)92-46(79)12-23-85-31-36-90-38-39-91-37-35-86-24-16-66-53(80)40(6-1-3-13-63-42(75)9-20-82-28-32-87-25-17-67-72-60)71-54(81)41(7-2-4-14-64-43(76)10-21-83-29-33-88-26-18-68-73-61)70-45(78)8-5-15-65-44(77)11-22-84-30-34-89-27-19-69-74-62/h40-41H,1-39H2,(H,63,75)(H,64,76)(H,65,77)(H,66,80)(H,70,78)(H,71,81)/t40-,41-/m1/s1. The van der Waals surface area contributed by atoms with Crippen LogP contribution in [-0.2, 0) is 80.9 Å². The normalized spacial score (nSPS) is 11.5. The van der Waals surface area contributed by atoms with Crippen molar-refractivity contribution in [2.24, 2.45) is 15.3 Å². The number of nitrogens with zero attached hydrogens (tertiary/aromatic N) is 9. The van der Waals surface area contributed by atoms with Crippen LogP contribution in [0.2, 0.25) is 0 Å². The maximum Gasteiger partial charge on any atom is 0.313 e. The first-order valence-electron chi connectivity index (χ1n) is 29.9. The van der Waals surface area contributed by atoms with Crippen LogP contribution in [0, 0.1) is 29.1 Å². The van der Waals surface area contributed by atoms with E-state index in [1.54, 1.807) is 0 Å². The molecular weight excluding hydrogens is 1240 g/mol. The molecule has 0 aromatic heterocycles. The molecule has 33 nitrogen and oxygen atoms in total. The van der Waals surface area contributed by atoms with Crippen molar-refractivity contribution in [2.45, 2.75) is 89.1 Å². The van der Waals surface area contributed by atoms with Gasteiger partial charge < -0.3 is 84.0 Å². The molecule has 0 spiro atoms. The maximum atomic E-state index is 14.1. The van der Waals surface area contributed by atoms with Gasteiger partial charge in [0.1, 0.15) is 12.1 Å². The van der Waals surface area contributed by atoms with E-state index in [0.29, 0.717) is 25.7 Å². The van der Waals surface area contributed by atoms with Crippen molar-refractivity contribution in [3.63, 3.8) is 0 Å². The predicted molar refractivity (Wildman–Crippen MR) is 313 cm³/mol. The van der Waals surface area contributed by atoms with E-state index in [4.69, 9.17) is 64.0 Å². The molecule has 0 unspecified atom stereocenters. The van der Waals surface area contributed by atoms with E-state index in [0.717, 1.165) is 0 Å². The van der Waals surface area contributed by atoms with Gasteiger partial charge in [0.2, 0.25) is 70.3 Å². The first kappa shape index (κ1) is 82.7. The number of amides is 6. The minimum atomic E-state index is -2.40. The van der Waals surface area contributed by atoms with Crippen LogP contribution < -0.4 is 36.6 Å². The minimum absolute atomic E-state index is 0.0233. The molecule has 0 aliphatic rings.